The summed E-state index contributed by atoms with van der Waals surface area (Å²) in [5, 5.41) is 9.36. The minimum absolute atomic E-state index is 0.0887. The lowest BCUT2D eigenvalue weighted by atomic mass is 10.3. The van der Waals surface area contributed by atoms with Gasteiger partial charge < -0.3 is 5.11 Å². The molecule has 0 saturated carbocycles. The molecule has 0 aliphatic rings. The summed E-state index contributed by atoms with van der Waals surface area (Å²) in [5.74, 6) is 0. The third-order valence-electron chi connectivity index (χ3n) is 1.79. The smallest absolute Gasteiger partial charge is 0.412 e. The Morgan fingerprint density at radius 3 is 2.35 bits per heavy atom. The van der Waals surface area contributed by atoms with Crippen LogP contribution in [0.15, 0.2) is 18.2 Å². The van der Waals surface area contributed by atoms with E-state index in [1.54, 1.807) is 6.07 Å². The van der Waals surface area contributed by atoms with Crippen molar-refractivity contribution in [3.05, 3.63) is 28.2 Å². The third kappa shape index (κ3) is 4.27. The summed E-state index contributed by atoms with van der Waals surface area (Å²) in [6.07, 6.45) is -1.29. The number of hydrogen-bond acceptors (Lipinski definition) is 1. The van der Waals surface area contributed by atoms with Gasteiger partial charge in [-0.1, -0.05) is 64.1 Å². The van der Waals surface area contributed by atoms with Crippen LogP contribution in [0.3, 0.4) is 0 Å². The predicted octanol–water partition coefficient (Wildman–Crippen LogP) is 4.85. The molecule has 3 nitrogen and oxygen atoms in total. The number of carboxylic acid groups (broad SMARTS) is 1. The van der Waals surface area contributed by atoms with Crippen molar-refractivity contribution < 1.29 is 9.90 Å². The van der Waals surface area contributed by atoms with Gasteiger partial charge in [0.25, 0.3) is 0 Å². The highest BCUT2D eigenvalue weighted by molar-refractivity contribution is 6.68. The van der Waals surface area contributed by atoms with Gasteiger partial charge in [-0.2, -0.15) is 0 Å². The van der Waals surface area contributed by atoms with E-state index in [1.807, 2.05) is 0 Å². The van der Waals surface area contributed by atoms with Gasteiger partial charge >= 0.3 is 6.09 Å². The average molecular weight is 337 g/mol. The summed E-state index contributed by atoms with van der Waals surface area (Å²) >= 11 is 28.4. The molecule has 0 aliphatic carbocycles. The zero-order valence-corrected chi connectivity index (χ0v) is 11.9. The molecule has 0 bridgehead atoms. The number of hydrogen-bond donors (Lipinski definition) is 1. The van der Waals surface area contributed by atoms with Crippen molar-refractivity contribution in [2.75, 3.05) is 11.4 Å². The maximum Gasteiger partial charge on any atom is 0.412 e. The van der Waals surface area contributed by atoms with E-state index in [4.69, 9.17) is 63.1 Å². The zero-order chi connectivity index (χ0) is 13.2. The summed E-state index contributed by atoms with van der Waals surface area (Å²) in [7, 11) is 0. The van der Waals surface area contributed by atoms with Crippen molar-refractivity contribution in [3.63, 3.8) is 0 Å². The van der Waals surface area contributed by atoms with Crippen molar-refractivity contribution in [3.8, 4) is 0 Å². The van der Waals surface area contributed by atoms with Crippen LogP contribution in [0, 0.1) is 0 Å². The Morgan fingerprint density at radius 1 is 1.29 bits per heavy atom. The van der Waals surface area contributed by atoms with Gasteiger partial charge in [0.2, 0.25) is 3.79 Å². The van der Waals surface area contributed by atoms with Gasteiger partial charge in [-0.25, -0.2) is 4.79 Å². The number of alkyl halides is 3. The third-order valence-corrected chi connectivity index (χ3v) is 2.96. The van der Waals surface area contributed by atoms with E-state index in [-0.39, 0.29) is 22.3 Å². The number of anilines is 1. The summed E-state index contributed by atoms with van der Waals surface area (Å²) in [6.45, 7) is -0.354. The van der Waals surface area contributed by atoms with Crippen LogP contribution < -0.4 is 4.90 Å². The SMILES string of the molecule is O=C(O)N(CC(Cl)(Cl)Cl)c1cccc(Cl)c1Cl. The van der Waals surface area contributed by atoms with E-state index in [0.29, 0.717) is 0 Å². The maximum atomic E-state index is 11.1. The van der Waals surface area contributed by atoms with Crippen molar-refractivity contribution in [1.82, 2.24) is 0 Å². The van der Waals surface area contributed by atoms with E-state index >= 15 is 0 Å². The van der Waals surface area contributed by atoms with Crippen LogP contribution in [0.5, 0.6) is 0 Å². The fraction of sp³-hybridized carbons (Fsp3) is 0.222. The number of amides is 1. The van der Waals surface area contributed by atoms with Crippen LogP contribution in [0.4, 0.5) is 10.5 Å². The highest BCUT2D eigenvalue weighted by Crippen LogP contribution is 2.35. The molecule has 94 valence electrons. The predicted molar refractivity (Wildman–Crippen MR) is 72.1 cm³/mol. The molecule has 17 heavy (non-hydrogen) atoms. The molecule has 0 spiro atoms. The molecule has 8 heteroatoms. The second-order valence-corrected chi connectivity index (χ2v) is 6.36. The molecule has 0 aromatic heterocycles. The molecule has 0 atom stereocenters. The van der Waals surface area contributed by atoms with E-state index in [9.17, 15) is 4.79 Å². The normalized spacial score (nSPS) is 11.4. The van der Waals surface area contributed by atoms with Gasteiger partial charge in [0, 0.05) is 0 Å². The molecule has 1 aromatic carbocycles. The van der Waals surface area contributed by atoms with Crippen LogP contribution in [0.2, 0.25) is 10.0 Å². The van der Waals surface area contributed by atoms with E-state index in [1.165, 1.54) is 12.1 Å². The molecule has 0 heterocycles. The molecule has 0 saturated heterocycles. The van der Waals surface area contributed by atoms with Crippen LogP contribution in [-0.4, -0.2) is 21.5 Å². The Labute approximate surface area is 123 Å². The Kier molecular flexibility index (Phi) is 5.05. The van der Waals surface area contributed by atoms with Crippen LogP contribution in [-0.2, 0) is 0 Å². The van der Waals surface area contributed by atoms with Gasteiger partial charge in [-0.3, -0.25) is 4.90 Å². The van der Waals surface area contributed by atoms with Crippen LogP contribution in [0.25, 0.3) is 0 Å². The fourth-order valence-electron chi connectivity index (χ4n) is 1.14. The first-order valence-corrected chi connectivity index (χ1v) is 6.12. The lowest BCUT2D eigenvalue weighted by molar-refractivity contribution is 0.202. The van der Waals surface area contributed by atoms with Gasteiger partial charge in [0.15, 0.2) is 0 Å². The standard InChI is InChI=1S/C9H6Cl5NO2/c10-5-2-1-3-6(7(5)11)15(8(16)17)4-9(12,13)14/h1-3H,4H2,(H,16,17). The highest BCUT2D eigenvalue weighted by atomic mass is 35.6. The number of benzene rings is 1. The summed E-state index contributed by atoms with van der Waals surface area (Å²) in [5.41, 5.74) is 0.165. The fourth-order valence-corrected chi connectivity index (χ4v) is 1.89. The van der Waals surface area contributed by atoms with Gasteiger partial charge in [0.05, 0.1) is 22.3 Å². The second-order valence-electron chi connectivity index (χ2n) is 3.06. The first-order chi connectivity index (χ1) is 7.72. The van der Waals surface area contributed by atoms with E-state index in [2.05, 4.69) is 0 Å². The van der Waals surface area contributed by atoms with Gasteiger partial charge in [0.1, 0.15) is 0 Å². The topological polar surface area (TPSA) is 40.5 Å². The molecule has 1 N–H and O–H groups in total. The van der Waals surface area contributed by atoms with Crippen molar-refractivity contribution in [1.29, 1.82) is 0 Å². The first-order valence-electron chi connectivity index (χ1n) is 4.23. The molecular formula is C9H6Cl5NO2. The summed E-state index contributed by atoms with van der Waals surface area (Å²) in [6, 6.07) is 4.55. The maximum absolute atomic E-state index is 11.1. The molecule has 1 amide bonds. The Morgan fingerprint density at radius 2 is 1.88 bits per heavy atom. The van der Waals surface area contributed by atoms with Crippen molar-refractivity contribution >= 4 is 69.8 Å². The first kappa shape index (κ1) is 15.0. The molecular weight excluding hydrogens is 331 g/mol. The Bertz CT molecular complexity index is 432. The molecule has 0 fully saturated rings. The number of carbonyl (C=O) groups is 1. The largest absolute Gasteiger partial charge is 0.465 e. The van der Waals surface area contributed by atoms with Gasteiger partial charge in [-0.05, 0) is 12.1 Å². The monoisotopic (exact) mass is 335 g/mol. The minimum atomic E-state index is -1.75. The Hall–Kier alpha value is -0.0600. The number of halogens is 5. The average Bonchev–Trinajstić information content (AvgIpc) is 2.17. The quantitative estimate of drug-likeness (QED) is 0.784. The lowest BCUT2D eigenvalue weighted by Crippen LogP contribution is -2.36. The Balaban J connectivity index is 3.15. The highest BCUT2D eigenvalue weighted by Gasteiger charge is 2.29. The van der Waals surface area contributed by atoms with E-state index < -0.39 is 9.89 Å². The molecule has 0 radical (unpaired) electrons. The summed E-state index contributed by atoms with van der Waals surface area (Å²) < 4.78 is -1.75. The van der Waals surface area contributed by atoms with Crippen LogP contribution >= 0.6 is 58.0 Å². The van der Waals surface area contributed by atoms with E-state index in [0.717, 1.165) is 4.90 Å². The van der Waals surface area contributed by atoms with Gasteiger partial charge in [-0.15, -0.1) is 0 Å². The van der Waals surface area contributed by atoms with Crippen molar-refractivity contribution in [2.24, 2.45) is 0 Å². The zero-order valence-electron chi connectivity index (χ0n) is 8.13. The number of nitrogens with zero attached hydrogens (tertiary/aromatic N) is 1. The summed E-state index contributed by atoms with van der Waals surface area (Å²) in [4.78, 5) is 11.9. The molecule has 0 unspecified atom stereocenters. The number of rotatable bonds is 2. The lowest BCUT2D eigenvalue weighted by Gasteiger charge is -2.24. The molecule has 0 aliphatic heterocycles. The van der Waals surface area contributed by atoms with Crippen LogP contribution in [0.1, 0.15) is 0 Å². The van der Waals surface area contributed by atoms with Crippen molar-refractivity contribution in [2.45, 2.75) is 3.79 Å². The minimum Gasteiger partial charge on any atom is -0.465 e. The molecule has 1 aromatic rings. The second kappa shape index (κ2) is 5.72. The molecule has 1 rings (SSSR count).